The van der Waals surface area contributed by atoms with Gasteiger partial charge in [0.05, 0.1) is 27.1 Å². The van der Waals surface area contributed by atoms with Gasteiger partial charge in [-0.25, -0.2) is 17.8 Å². The lowest BCUT2D eigenvalue weighted by molar-refractivity contribution is -0.140. The van der Waals surface area contributed by atoms with Gasteiger partial charge in [-0.1, -0.05) is 12.1 Å². The van der Waals surface area contributed by atoms with Gasteiger partial charge in [-0.05, 0) is 42.0 Å². The molecule has 2 aromatic heterocycles. The van der Waals surface area contributed by atoms with Crippen molar-refractivity contribution in [2.24, 2.45) is 0 Å². The van der Waals surface area contributed by atoms with Crippen LogP contribution in [0.25, 0.3) is 11.0 Å². The highest BCUT2D eigenvalue weighted by molar-refractivity contribution is 7.91. The summed E-state index contributed by atoms with van der Waals surface area (Å²) in [6, 6.07) is 8.35. The van der Waals surface area contributed by atoms with Crippen molar-refractivity contribution in [3.63, 3.8) is 0 Å². The van der Waals surface area contributed by atoms with E-state index in [9.17, 15) is 30.8 Å². The summed E-state index contributed by atoms with van der Waals surface area (Å²) in [5, 5.41) is 9.82. The third-order valence-corrected chi connectivity index (χ3v) is 6.56. The van der Waals surface area contributed by atoms with Crippen LogP contribution in [-0.4, -0.2) is 29.5 Å². The van der Waals surface area contributed by atoms with Crippen molar-refractivity contribution in [1.82, 2.24) is 20.5 Å². The molecule has 0 saturated heterocycles. The van der Waals surface area contributed by atoms with E-state index in [4.69, 9.17) is 0 Å². The van der Waals surface area contributed by atoms with E-state index in [0.717, 1.165) is 6.07 Å². The first kappa shape index (κ1) is 22.4. The van der Waals surface area contributed by atoms with E-state index in [2.05, 4.69) is 20.5 Å². The highest BCUT2D eigenvalue weighted by Gasteiger charge is 2.35. The second kappa shape index (κ2) is 8.28. The first-order valence-electron chi connectivity index (χ1n) is 9.34. The van der Waals surface area contributed by atoms with E-state index in [1.165, 1.54) is 36.7 Å². The summed E-state index contributed by atoms with van der Waals surface area (Å²) in [5.41, 5.74) is -0.271. The van der Waals surface area contributed by atoms with Crippen LogP contribution in [0.1, 0.15) is 21.5 Å². The molecule has 0 atom stereocenters. The van der Waals surface area contributed by atoms with E-state index in [-0.39, 0.29) is 17.5 Å². The highest BCUT2D eigenvalue weighted by Crippen LogP contribution is 2.34. The van der Waals surface area contributed by atoms with Crippen molar-refractivity contribution in [3.05, 3.63) is 83.4 Å². The topological polar surface area (TPSA) is 105 Å². The number of hydrogen-bond donors (Lipinski definition) is 2. The molecule has 170 valence electrons. The van der Waals surface area contributed by atoms with Gasteiger partial charge in [0.15, 0.2) is 5.65 Å². The fourth-order valence-corrected chi connectivity index (χ4v) is 4.34. The lowest BCUT2D eigenvalue weighted by Crippen LogP contribution is -2.22. The lowest BCUT2D eigenvalue weighted by Gasteiger charge is -2.11. The number of carbonyl (C=O) groups excluding carboxylic acids is 1. The number of H-pyrrole nitrogens is 1. The summed E-state index contributed by atoms with van der Waals surface area (Å²) in [7, 11) is -4.32. The summed E-state index contributed by atoms with van der Waals surface area (Å²) in [6.45, 7) is 0.0668. The van der Waals surface area contributed by atoms with Crippen LogP contribution in [0.15, 0.2) is 70.7 Å². The molecule has 1 amide bonds. The Morgan fingerprint density at radius 3 is 2.39 bits per heavy atom. The number of aromatic nitrogens is 3. The second-order valence-corrected chi connectivity index (χ2v) is 8.95. The third-order valence-electron chi connectivity index (χ3n) is 4.79. The van der Waals surface area contributed by atoms with Crippen LogP contribution in [-0.2, 0) is 22.6 Å². The van der Waals surface area contributed by atoms with Gasteiger partial charge in [-0.2, -0.15) is 18.3 Å². The summed E-state index contributed by atoms with van der Waals surface area (Å²) in [6.07, 6.45) is -2.13. The molecule has 2 N–H and O–H groups in total. The molecule has 0 aliphatic carbocycles. The molecule has 0 bridgehead atoms. The van der Waals surface area contributed by atoms with Crippen molar-refractivity contribution < 1.29 is 30.8 Å². The number of sulfone groups is 1. The fraction of sp³-hybridized carbons (Fsp3) is 0.0952. The average molecular weight is 478 g/mol. The van der Waals surface area contributed by atoms with E-state index < -0.39 is 38.2 Å². The van der Waals surface area contributed by atoms with Gasteiger partial charge in [-0.3, -0.25) is 9.89 Å². The number of halogens is 4. The Hall–Kier alpha value is -3.80. The van der Waals surface area contributed by atoms with Gasteiger partial charge in [0, 0.05) is 18.1 Å². The number of benzene rings is 2. The Labute approximate surface area is 184 Å². The van der Waals surface area contributed by atoms with Crippen molar-refractivity contribution in [2.75, 3.05) is 0 Å². The predicted molar refractivity (Wildman–Crippen MR) is 108 cm³/mol. The van der Waals surface area contributed by atoms with E-state index >= 15 is 0 Å². The molecule has 33 heavy (non-hydrogen) atoms. The average Bonchev–Trinajstić information content (AvgIpc) is 3.25. The van der Waals surface area contributed by atoms with Crippen molar-refractivity contribution in [2.45, 2.75) is 22.5 Å². The SMILES string of the molecule is O=C(NCc1ccc(S(=O)(=O)c2ccc(F)c(C(F)(F)F)c2)cc1)c1cnc2[nH]ncc2c1. The molecule has 2 heterocycles. The molecule has 4 rings (SSSR count). The zero-order valence-corrected chi connectivity index (χ0v) is 17.3. The largest absolute Gasteiger partial charge is 0.419 e. The van der Waals surface area contributed by atoms with Crippen molar-refractivity contribution in [1.29, 1.82) is 0 Å². The van der Waals surface area contributed by atoms with E-state index in [1.807, 2.05) is 0 Å². The fourth-order valence-electron chi connectivity index (χ4n) is 3.06. The zero-order valence-electron chi connectivity index (χ0n) is 16.5. The maximum atomic E-state index is 13.5. The Morgan fingerprint density at radius 1 is 1.00 bits per heavy atom. The standard InChI is InChI=1S/C21H14F4N4O3S/c22-18-6-5-16(8-17(18)21(23,24)25)33(31,32)15-3-1-12(2-4-15)9-27-20(30)14-7-13-11-28-29-19(13)26-10-14/h1-8,10-11H,9H2,(H,27,30)(H,26,28,29). The van der Waals surface area contributed by atoms with Crippen LogP contribution in [0.2, 0.25) is 0 Å². The number of nitrogens with zero attached hydrogens (tertiary/aromatic N) is 2. The minimum absolute atomic E-state index is 0.0668. The number of alkyl halides is 3. The van der Waals surface area contributed by atoms with Crippen molar-refractivity contribution in [3.8, 4) is 0 Å². The maximum absolute atomic E-state index is 13.5. The molecule has 0 fully saturated rings. The molecule has 0 spiro atoms. The highest BCUT2D eigenvalue weighted by atomic mass is 32.2. The number of fused-ring (bicyclic) bond motifs is 1. The minimum atomic E-state index is -5.03. The first-order chi connectivity index (χ1) is 15.6. The molecule has 2 aromatic carbocycles. The van der Waals surface area contributed by atoms with Gasteiger partial charge in [0.2, 0.25) is 9.84 Å². The number of pyridine rings is 1. The number of nitrogens with one attached hydrogen (secondary N) is 2. The van der Waals surface area contributed by atoms with Gasteiger partial charge in [-0.15, -0.1) is 0 Å². The van der Waals surface area contributed by atoms with Crippen LogP contribution in [0.5, 0.6) is 0 Å². The van der Waals surface area contributed by atoms with Crippen molar-refractivity contribution >= 4 is 26.8 Å². The van der Waals surface area contributed by atoms with E-state index in [0.29, 0.717) is 28.2 Å². The molecule has 12 heteroatoms. The Balaban J connectivity index is 1.49. The number of rotatable bonds is 5. The van der Waals surface area contributed by atoms with Gasteiger partial charge >= 0.3 is 6.18 Å². The quantitative estimate of drug-likeness (QED) is 0.335. The molecule has 7 nitrogen and oxygen atoms in total. The molecule has 4 aromatic rings. The van der Waals surface area contributed by atoms with Gasteiger partial charge < -0.3 is 5.32 Å². The molecule has 0 aliphatic rings. The third kappa shape index (κ3) is 4.55. The first-order valence-corrected chi connectivity index (χ1v) is 10.8. The van der Waals surface area contributed by atoms with Crippen LogP contribution in [0.4, 0.5) is 17.6 Å². The van der Waals surface area contributed by atoms with Crippen LogP contribution in [0.3, 0.4) is 0 Å². The summed E-state index contributed by atoms with van der Waals surface area (Å²) < 4.78 is 77.7. The second-order valence-electron chi connectivity index (χ2n) is 7.00. The Bertz CT molecular complexity index is 1450. The predicted octanol–water partition coefficient (Wildman–Crippen LogP) is 3.88. The Kier molecular flexibility index (Phi) is 5.62. The minimum Gasteiger partial charge on any atom is -0.348 e. The Morgan fingerprint density at radius 2 is 1.70 bits per heavy atom. The molecular weight excluding hydrogens is 464 g/mol. The monoisotopic (exact) mass is 478 g/mol. The number of amides is 1. The number of aromatic amines is 1. The molecule has 0 aliphatic heterocycles. The molecule has 0 unspecified atom stereocenters. The molecular formula is C21H14F4N4O3S. The van der Waals surface area contributed by atoms with Gasteiger partial charge in [0.25, 0.3) is 5.91 Å². The molecule has 0 radical (unpaired) electrons. The lowest BCUT2D eigenvalue weighted by atomic mass is 10.2. The smallest absolute Gasteiger partial charge is 0.348 e. The zero-order chi connectivity index (χ0) is 23.8. The van der Waals surface area contributed by atoms with Crippen LogP contribution in [0, 0.1) is 5.82 Å². The summed E-state index contributed by atoms with van der Waals surface area (Å²) in [5.74, 6) is -1.97. The number of carbonyl (C=O) groups is 1. The number of hydrogen-bond acceptors (Lipinski definition) is 5. The summed E-state index contributed by atoms with van der Waals surface area (Å²) >= 11 is 0. The normalized spacial score (nSPS) is 12.1. The molecule has 0 saturated carbocycles. The van der Waals surface area contributed by atoms with Gasteiger partial charge in [0.1, 0.15) is 5.82 Å². The van der Waals surface area contributed by atoms with Crippen LogP contribution >= 0.6 is 0 Å². The van der Waals surface area contributed by atoms with Crippen LogP contribution < -0.4 is 5.32 Å². The van der Waals surface area contributed by atoms with E-state index in [1.54, 1.807) is 6.07 Å². The maximum Gasteiger partial charge on any atom is 0.419 e. The summed E-state index contributed by atoms with van der Waals surface area (Å²) in [4.78, 5) is 15.5.